The normalized spacial score (nSPS) is 21.4. The Morgan fingerprint density at radius 3 is 2.45 bits per heavy atom. The fraction of sp³-hybridized carbons (Fsp3) is 0.318. The zero-order valence-corrected chi connectivity index (χ0v) is 16.5. The van der Waals surface area contributed by atoms with Gasteiger partial charge in [-0.1, -0.05) is 23.7 Å². The van der Waals surface area contributed by atoms with Crippen LogP contribution in [0.5, 0.6) is 0 Å². The molecular weight excluding hydrogens is 390 g/mol. The van der Waals surface area contributed by atoms with Crippen LogP contribution in [0.3, 0.4) is 0 Å². The summed E-state index contributed by atoms with van der Waals surface area (Å²) in [7, 11) is 0. The van der Waals surface area contributed by atoms with Gasteiger partial charge in [0.1, 0.15) is 5.52 Å². The zero-order valence-electron chi connectivity index (χ0n) is 15.8. The highest BCUT2D eigenvalue weighted by atomic mass is 35.5. The van der Waals surface area contributed by atoms with E-state index in [0.717, 1.165) is 42.9 Å². The van der Waals surface area contributed by atoms with Crippen molar-refractivity contribution in [2.24, 2.45) is 0 Å². The monoisotopic (exact) mass is 409 g/mol. The highest BCUT2D eigenvalue weighted by molar-refractivity contribution is 6.30. The number of nitrogens with zero attached hydrogens (tertiary/aromatic N) is 3. The van der Waals surface area contributed by atoms with Crippen molar-refractivity contribution >= 4 is 40.2 Å². The number of amides is 2. The van der Waals surface area contributed by atoms with Gasteiger partial charge in [-0.2, -0.15) is 0 Å². The smallest absolute Gasteiger partial charge is 0.251 e. The Hall–Kier alpha value is -2.70. The number of fused-ring (bicyclic) bond motifs is 1. The summed E-state index contributed by atoms with van der Waals surface area (Å²) in [5.41, 5.74) is 2.26. The molecule has 0 N–H and O–H groups in total. The number of imide groups is 1. The van der Waals surface area contributed by atoms with Crippen LogP contribution >= 0.6 is 11.6 Å². The van der Waals surface area contributed by atoms with Crippen LogP contribution in [0, 0.1) is 0 Å². The van der Waals surface area contributed by atoms with Crippen molar-refractivity contribution < 1.29 is 14.0 Å². The van der Waals surface area contributed by atoms with E-state index in [9.17, 15) is 9.59 Å². The molecule has 2 aliphatic heterocycles. The van der Waals surface area contributed by atoms with E-state index in [0.29, 0.717) is 10.7 Å². The van der Waals surface area contributed by atoms with Crippen LogP contribution in [-0.4, -0.2) is 40.8 Å². The lowest BCUT2D eigenvalue weighted by molar-refractivity contribution is -0.123. The first-order valence-electron chi connectivity index (χ1n) is 9.82. The van der Waals surface area contributed by atoms with Crippen molar-refractivity contribution in [2.75, 3.05) is 18.0 Å². The van der Waals surface area contributed by atoms with Gasteiger partial charge in [0, 0.05) is 10.9 Å². The van der Waals surface area contributed by atoms with Crippen LogP contribution in [0.4, 0.5) is 5.69 Å². The fourth-order valence-corrected chi connectivity index (χ4v) is 4.41. The largest absolute Gasteiger partial charge is 0.440 e. The van der Waals surface area contributed by atoms with Crippen molar-refractivity contribution in [3.8, 4) is 0 Å². The average molecular weight is 410 g/mol. The second-order valence-electron chi connectivity index (χ2n) is 7.59. The summed E-state index contributed by atoms with van der Waals surface area (Å²) in [6, 6.07) is 14.2. The number of carbonyl (C=O) groups excluding carboxylic acids is 2. The molecule has 3 aromatic rings. The van der Waals surface area contributed by atoms with Crippen molar-refractivity contribution in [3.63, 3.8) is 0 Å². The molecule has 6 nitrogen and oxygen atoms in total. The maximum absolute atomic E-state index is 13.0. The summed E-state index contributed by atoms with van der Waals surface area (Å²) in [6.07, 6.45) is 1.92. The Morgan fingerprint density at radius 2 is 1.72 bits per heavy atom. The van der Waals surface area contributed by atoms with Gasteiger partial charge in [-0.05, 0) is 62.3 Å². The summed E-state index contributed by atoms with van der Waals surface area (Å²) in [5, 5.41) is 0.575. The predicted molar refractivity (Wildman–Crippen MR) is 110 cm³/mol. The van der Waals surface area contributed by atoms with Crippen LogP contribution in [0.2, 0.25) is 5.02 Å². The van der Waals surface area contributed by atoms with Crippen molar-refractivity contribution in [2.45, 2.75) is 31.2 Å². The first-order chi connectivity index (χ1) is 14.1. The molecule has 0 bridgehead atoms. The summed E-state index contributed by atoms with van der Waals surface area (Å²) in [4.78, 5) is 33.5. The van der Waals surface area contributed by atoms with Gasteiger partial charge in [-0.15, -0.1) is 0 Å². The standard InChI is InChI=1S/C22H20ClN3O3/c23-15-5-7-16(8-6-15)26-20(27)13-18(22(26)28)25-11-9-14(10-12-25)21-24-17-3-1-2-4-19(17)29-21/h1-8,14,18H,9-13H2/t18-/m1/s1. The number of aromatic nitrogens is 1. The number of anilines is 1. The Kier molecular flexibility index (Phi) is 4.60. The summed E-state index contributed by atoms with van der Waals surface area (Å²) in [5.74, 6) is 0.682. The first-order valence-corrected chi connectivity index (χ1v) is 10.2. The molecule has 3 heterocycles. The molecule has 0 saturated carbocycles. The van der Waals surface area contributed by atoms with Crippen molar-refractivity contribution in [3.05, 3.63) is 59.4 Å². The second kappa shape index (κ2) is 7.28. The molecule has 5 rings (SSSR count). The molecule has 148 valence electrons. The number of halogens is 1. The number of carbonyl (C=O) groups is 2. The van der Waals surface area contributed by atoms with E-state index in [1.165, 1.54) is 4.90 Å². The third-order valence-electron chi connectivity index (χ3n) is 5.84. The lowest BCUT2D eigenvalue weighted by Gasteiger charge is -2.33. The predicted octanol–water partition coefficient (Wildman–Crippen LogP) is 3.99. The Bertz CT molecular complexity index is 1040. The molecule has 0 unspecified atom stereocenters. The molecule has 2 fully saturated rings. The minimum absolute atomic E-state index is 0.155. The number of hydrogen-bond donors (Lipinski definition) is 0. The lowest BCUT2D eigenvalue weighted by Crippen LogP contribution is -2.45. The van der Waals surface area contributed by atoms with Crippen molar-refractivity contribution in [1.82, 2.24) is 9.88 Å². The molecule has 29 heavy (non-hydrogen) atoms. The van der Waals surface area contributed by atoms with E-state index in [2.05, 4.69) is 9.88 Å². The number of benzene rings is 2. The molecule has 0 radical (unpaired) electrons. The summed E-state index contributed by atoms with van der Waals surface area (Å²) < 4.78 is 5.92. The van der Waals surface area contributed by atoms with Gasteiger partial charge in [0.15, 0.2) is 11.5 Å². The maximum Gasteiger partial charge on any atom is 0.251 e. The SMILES string of the molecule is O=C1C[C@@H](N2CCC(c3nc4ccccc4o3)CC2)C(=O)N1c1ccc(Cl)cc1. The molecule has 1 atom stereocenters. The number of piperidine rings is 1. The second-order valence-corrected chi connectivity index (χ2v) is 8.03. The van der Waals surface area contributed by atoms with Crippen LogP contribution in [0.25, 0.3) is 11.1 Å². The fourth-order valence-electron chi connectivity index (χ4n) is 4.29. The molecule has 2 aliphatic rings. The van der Waals surface area contributed by atoms with E-state index in [1.807, 2.05) is 24.3 Å². The number of hydrogen-bond acceptors (Lipinski definition) is 5. The molecule has 1 aromatic heterocycles. The lowest BCUT2D eigenvalue weighted by atomic mass is 9.95. The number of likely N-dealkylation sites (tertiary alicyclic amines) is 1. The molecule has 7 heteroatoms. The van der Waals surface area contributed by atoms with E-state index < -0.39 is 6.04 Å². The van der Waals surface area contributed by atoms with Gasteiger partial charge < -0.3 is 4.42 Å². The third kappa shape index (κ3) is 3.32. The van der Waals surface area contributed by atoms with Crippen LogP contribution in [0.1, 0.15) is 31.1 Å². The van der Waals surface area contributed by atoms with E-state index >= 15 is 0 Å². The van der Waals surface area contributed by atoms with Gasteiger partial charge in [-0.25, -0.2) is 9.88 Å². The van der Waals surface area contributed by atoms with Gasteiger partial charge in [0.05, 0.1) is 18.2 Å². The molecule has 0 spiro atoms. The Morgan fingerprint density at radius 1 is 1.00 bits per heavy atom. The van der Waals surface area contributed by atoms with E-state index in [1.54, 1.807) is 24.3 Å². The first kappa shape index (κ1) is 18.3. The van der Waals surface area contributed by atoms with Crippen LogP contribution in [0.15, 0.2) is 52.9 Å². The molecule has 2 aromatic carbocycles. The summed E-state index contributed by atoms with van der Waals surface area (Å²) in [6.45, 7) is 1.48. The molecular formula is C22H20ClN3O3. The topological polar surface area (TPSA) is 66.7 Å². The quantitative estimate of drug-likeness (QED) is 0.612. The average Bonchev–Trinajstić information content (AvgIpc) is 3.30. The zero-order chi connectivity index (χ0) is 20.0. The van der Waals surface area contributed by atoms with Gasteiger partial charge >= 0.3 is 0 Å². The third-order valence-corrected chi connectivity index (χ3v) is 6.09. The highest BCUT2D eigenvalue weighted by Gasteiger charge is 2.43. The van der Waals surface area contributed by atoms with E-state index in [4.69, 9.17) is 16.0 Å². The summed E-state index contributed by atoms with van der Waals surface area (Å²) >= 11 is 5.92. The highest BCUT2D eigenvalue weighted by Crippen LogP contribution is 2.33. The Labute approximate surface area is 173 Å². The Balaban J connectivity index is 1.27. The van der Waals surface area contributed by atoms with E-state index in [-0.39, 0.29) is 24.2 Å². The number of para-hydroxylation sites is 2. The maximum atomic E-state index is 13.0. The molecule has 0 aliphatic carbocycles. The van der Waals surface area contributed by atoms with Crippen molar-refractivity contribution in [1.29, 1.82) is 0 Å². The van der Waals surface area contributed by atoms with Crippen LogP contribution in [-0.2, 0) is 9.59 Å². The minimum Gasteiger partial charge on any atom is -0.440 e. The van der Waals surface area contributed by atoms with Gasteiger partial charge in [0.2, 0.25) is 5.91 Å². The molecule has 2 amide bonds. The minimum atomic E-state index is -0.400. The van der Waals surface area contributed by atoms with Gasteiger partial charge in [0.25, 0.3) is 5.91 Å². The van der Waals surface area contributed by atoms with Gasteiger partial charge in [-0.3, -0.25) is 14.5 Å². The van der Waals surface area contributed by atoms with Crippen LogP contribution < -0.4 is 4.90 Å². The number of rotatable bonds is 3. The molecule has 2 saturated heterocycles. The number of oxazole rings is 1.